The van der Waals surface area contributed by atoms with Crippen LogP contribution in [-0.2, 0) is 18.8 Å². The van der Waals surface area contributed by atoms with Gasteiger partial charge in [-0.05, 0) is 18.5 Å². The zero-order chi connectivity index (χ0) is 16.2. The highest BCUT2D eigenvalue weighted by Gasteiger charge is 2.49. The SMILES string of the molecule is COCC(=O)S[C@H]1NC(=O)[C@@H]1[C@@H](CO[SiH](C)C)C(C)(C)C. The zero-order valence-electron chi connectivity index (χ0n) is 13.8. The van der Waals surface area contributed by atoms with E-state index in [9.17, 15) is 9.59 Å². The standard InChI is InChI=1S/C14H27NO4SSi/c1-14(2,3)9(7-19-21(5)6)11-12(17)15-13(11)20-10(16)8-18-4/h9,11,13,21H,7-8H2,1-6H3,(H,15,17)/t9-,11+,13-/m1/s1. The smallest absolute Gasteiger partial charge is 0.227 e. The van der Waals surface area contributed by atoms with Crippen molar-refractivity contribution >= 4 is 31.8 Å². The van der Waals surface area contributed by atoms with Crippen LogP contribution >= 0.6 is 11.8 Å². The van der Waals surface area contributed by atoms with Gasteiger partial charge in [0.05, 0.1) is 11.3 Å². The molecule has 3 atom stereocenters. The number of thioether (sulfide) groups is 1. The Morgan fingerprint density at radius 1 is 1.43 bits per heavy atom. The van der Waals surface area contributed by atoms with Crippen LogP contribution in [0.15, 0.2) is 0 Å². The molecule has 122 valence electrons. The molecule has 1 aliphatic heterocycles. The molecule has 0 aromatic heterocycles. The maximum absolute atomic E-state index is 12.0. The lowest BCUT2D eigenvalue weighted by atomic mass is 9.71. The van der Waals surface area contributed by atoms with E-state index in [-0.39, 0.29) is 40.3 Å². The second-order valence-corrected chi connectivity index (χ2v) is 10.4. The third-order valence-corrected chi connectivity index (χ3v) is 5.49. The Balaban J connectivity index is 2.74. The quantitative estimate of drug-likeness (QED) is 0.567. The predicted molar refractivity (Wildman–Crippen MR) is 87.7 cm³/mol. The molecule has 1 saturated heterocycles. The van der Waals surface area contributed by atoms with Gasteiger partial charge in [0.2, 0.25) is 11.0 Å². The Morgan fingerprint density at radius 2 is 2.05 bits per heavy atom. The lowest BCUT2D eigenvalue weighted by Gasteiger charge is -2.45. The van der Waals surface area contributed by atoms with Crippen LogP contribution in [0.3, 0.4) is 0 Å². The van der Waals surface area contributed by atoms with Gasteiger partial charge in [0.15, 0.2) is 9.04 Å². The third-order valence-electron chi connectivity index (χ3n) is 3.59. The fourth-order valence-corrected chi connectivity index (χ4v) is 4.04. The lowest BCUT2D eigenvalue weighted by molar-refractivity contribution is -0.138. The van der Waals surface area contributed by atoms with E-state index in [1.54, 1.807) is 0 Å². The predicted octanol–water partition coefficient (Wildman–Crippen LogP) is 1.63. The van der Waals surface area contributed by atoms with Crippen molar-refractivity contribution in [1.82, 2.24) is 5.32 Å². The van der Waals surface area contributed by atoms with Crippen LogP contribution in [0.5, 0.6) is 0 Å². The third kappa shape index (κ3) is 5.39. The van der Waals surface area contributed by atoms with Crippen molar-refractivity contribution in [2.24, 2.45) is 17.3 Å². The number of carbonyl (C=O) groups excluding carboxylic acids is 2. The molecule has 1 amide bonds. The Morgan fingerprint density at radius 3 is 2.48 bits per heavy atom. The summed E-state index contributed by atoms with van der Waals surface area (Å²) in [5, 5.41) is 2.60. The van der Waals surface area contributed by atoms with Crippen molar-refractivity contribution in [2.75, 3.05) is 20.3 Å². The summed E-state index contributed by atoms with van der Waals surface area (Å²) in [6, 6.07) is 0. The normalized spacial score (nSPS) is 23.7. The van der Waals surface area contributed by atoms with E-state index < -0.39 is 9.04 Å². The fraction of sp³-hybridized carbons (Fsp3) is 0.857. The molecule has 1 aliphatic rings. The molecule has 0 spiro atoms. The molecule has 7 heteroatoms. The topological polar surface area (TPSA) is 64.6 Å². The number of ether oxygens (including phenoxy) is 1. The van der Waals surface area contributed by atoms with Crippen LogP contribution < -0.4 is 5.32 Å². The molecule has 1 rings (SSSR count). The van der Waals surface area contributed by atoms with Crippen LogP contribution in [-0.4, -0.2) is 45.8 Å². The van der Waals surface area contributed by atoms with Crippen molar-refractivity contribution in [3.63, 3.8) is 0 Å². The maximum Gasteiger partial charge on any atom is 0.227 e. The largest absolute Gasteiger partial charge is 0.420 e. The van der Waals surface area contributed by atoms with Crippen LogP contribution in [0.1, 0.15) is 20.8 Å². The van der Waals surface area contributed by atoms with Gasteiger partial charge < -0.3 is 14.5 Å². The van der Waals surface area contributed by atoms with Gasteiger partial charge in [0, 0.05) is 19.6 Å². The number of hydrogen-bond acceptors (Lipinski definition) is 5. The number of methoxy groups -OCH3 is 1. The van der Waals surface area contributed by atoms with Gasteiger partial charge in [-0.2, -0.15) is 0 Å². The van der Waals surface area contributed by atoms with E-state index in [1.807, 2.05) is 0 Å². The molecule has 5 nitrogen and oxygen atoms in total. The average Bonchev–Trinajstić information content (AvgIpc) is 2.32. The van der Waals surface area contributed by atoms with Gasteiger partial charge in [-0.3, -0.25) is 9.59 Å². The van der Waals surface area contributed by atoms with Crippen molar-refractivity contribution in [3.8, 4) is 0 Å². The summed E-state index contributed by atoms with van der Waals surface area (Å²) in [4.78, 5) is 23.7. The summed E-state index contributed by atoms with van der Waals surface area (Å²) in [6.07, 6.45) is 0. The number of amides is 1. The van der Waals surface area contributed by atoms with E-state index in [2.05, 4.69) is 39.2 Å². The van der Waals surface area contributed by atoms with Crippen LogP contribution in [0.2, 0.25) is 13.1 Å². The van der Waals surface area contributed by atoms with Gasteiger partial charge >= 0.3 is 0 Å². The Labute approximate surface area is 133 Å². The molecule has 0 aromatic rings. The maximum atomic E-state index is 12.0. The first-order valence-electron chi connectivity index (χ1n) is 7.27. The molecule has 0 bridgehead atoms. The molecular weight excluding hydrogens is 306 g/mol. The summed E-state index contributed by atoms with van der Waals surface area (Å²) in [5.74, 6) is -0.0517. The summed E-state index contributed by atoms with van der Waals surface area (Å²) in [7, 11) is 0.362. The molecule has 0 aromatic carbocycles. The molecule has 21 heavy (non-hydrogen) atoms. The molecular formula is C14H27NO4SSi. The van der Waals surface area contributed by atoms with Crippen molar-refractivity contribution in [3.05, 3.63) is 0 Å². The van der Waals surface area contributed by atoms with Crippen LogP contribution in [0, 0.1) is 17.3 Å². The van der Waals surface area contributed by atoms with E-state index in [0.717, 1.165) is 11.8 Å². The lowest BCUT2D eigenvalue weighted by Crippen LogP contribution is -2.62. The van der Waals surface area contributed by atoms with Crippen LogP contribution in [0.4, 0.5) is 0 Å². The van der Waals surface area contributed by atoms with Crippen molar-refractivity contribution in [1.29, 1.82) is 0 Å². The number of nitrogens with one attached hydrogen (secondary N) is 1. The molecule has 1 heterocycles. The van der Waals surface area contributed by atoms with Gasteiger partial charge in [-0.15, -0.1) is 0 Å². The Bertz CT molecular complexity index is 384. The van der Waals surface area contributed by atoms with Crippen LogP contribution in [0.25, 0.3) is 0 Å². The average molecular weight is 334 g/mol. The highest BCUT2D eigenvalue weighted by molar-refractivity contribution is 8.14. The van der Waals surface area contributed by atoms with Gasteiger partial charge in [0.1, 0.15) is 6.61 Å². The first-order chi connectivity index (χ1) is 9.66. The van der Waals surface area contributed by atoms with Gasteiger partial charge in [-0.25, -0.2) is 0 Å². The molecule has 0 unspecified atom stereocenters. The highest BCUT2D eigenvalue weighted by atomic mass is 32.2. The molecule has 1 fully saturated rings. The first-order valence-corrected chi connectivity index (χ1v) is 10.9. The number of β-lactam (4-membered cyclic amide) rings is 1. The minimum atomic E-state index is -1.13. The summed E-state index contributed by atoms with van der Waals surface area (Å²) >= 11 is 1.16. The van der Waals surface area contributed by atoms with E-state index in [0.29, 0.717) is 6.61 Å². The number of rotatable bonds is 7. The molecule has 1 N–H and O–H groups in total. The Kier molecular flexibility index (Phi) is 6.90. The van der Waals surface area contributed by atoms with E-state index in [1.165, 1.54) is 7.11 Å². The minimum Gasteiger partial charge on any atom is -0.420 e. The number of hydrogen-bond donors (Lipinski definition) is 1. The molecule has 0 radical (unpaired) electrons. The van der Waals surface area contributed by atoms with Crippen molar-refractivity contribution < 1.29 is 18.8 Å². The second-order valence-electron chi connectivity index (χ2n) is 6.73. The Hall–Kier alpha value is -0.373. The van der Waals surface area contributed by atoms with Gasteiger partial charge in [0.25, 0.3) is 0 Å². The fourth-order valence-electron chi connectivity index (χ4n) is 2.35. The zero-order valence-corrected chi connectivity index (χ0v) is 15.7. The minimum absolute atomic E-state index is 0.0201. The summed E-state index contributed by atoms with van der Waals surface area (Å²) in [6.45, 7) is 11.2. The summed E-state index contributed by atoms with van der Waals surface area (Å²) in [5.41, 5.74) is -0.0468. The van der Waals surface area contributed by atoms with E-state index >= 15 is 0 Å². The first kappa shape index (κ1) is 18.7. The van der Waals surface area contributed by atoms with Crippen molar-refractivity contribution in [2.45, 2.75) is 39.2 Å². The molecule has 0 aliphatic carbocycles. The number of carbonyl (C=O) groups is 2. The highest BCUT2D eigenvalue weighted by Crippen LogP contribution is 2.41. The van der Waals surface area contributed by atoms with E-state index in [4.69, 9.17) is 9.16 Å². The second kappa shape index (κ2) is 7.76. The van der Waals surface area contributed by atoms with Gasteiger partial charge in [-0.1, -0.05) is 32.5 Å². The monoisotopic (exact) mass is 333 g/mol. The molecule has 0 saturated carbocycles. The summed E-state index contributed by atoms with van der Waals surface area (Å²) < 4.78 is 10.7.